The number of hydrogen-bond donors (Lipinski definition) is 2. The van der Waals surface area contributed by atoms with Crippen LogP contribution in [-0.4, -0.2) is 167 Å². The summed E-state index contributed by atoms with van der Waals surface area (Å²) in [5.41, 5.74) is 2.30. The van der Waals surface area contributed by atoms with Crippen LogP contribution in [0.15, 0.2) is 104 Å². The Hall–Kier alpha value is -6.16. The van der Waals surface area contributed by atoms with Gasteiger partial charge in [-0.25, -0.2) is 29.3 Å². The van der Waals surface area contributed by atoms with Gasteiger partial charge in [0, 0.05) is 84.7 Å². The van der Waals surface area contributed by atoms with Crippen LogP contribution in [0.5, 0.6) is 11.8 Å². The average Bonchev–Trinajstić information content (AvgIpc) is 1.45. The quantitative estimate of drug-likeness (QED) is 0.152. The Morgan fingerprint density at radius 2 is 0.923 bits per heavy atom. The van der Waals surface area contributed by atoms with Gasteiger partial charge in [-0.05, 0) is 224 Å². The van der Waals surface area contributed by atoms with Gasteiger partial charge in [-0.3, -0.25) is 0 Å². The second-order valence-corrected chi connectivity index (χ2v) is 31.0. The van der Waals surface area contributed by atoms with E-state index in [1.807, 2.05) is 12.1 Å². The average molecular weight is 1310 g/mol. The first kappa shape index (κ1) is 64.9. The minimum atomic E-state index is -4.35. The largest absolute Gasteiger partial charge is 2.00 e. The second-order valence-electron chi connectivity index (χ2n) is 27.9. The molecule has 2 saturated heterocycles. The van der Waals surface area contributed by atoms with Crippen LogP contribution in [0.1, 0.15) is 142 Å². The summed E-state index contributed by atoms with van der Waals surface area (Å²) < 4.78 is 75.5. The molecule has 91 heavy (non-hydrogen) atoms. The fourth-order valence-electron chi connectivity index (χ4n) is 17.0. The van der Waals surface area contributed by atoms with Crippen molar-refractivity contribution >= 4 is 92.9 Å². The monoisotopic (exact) mass is 1310 g/mol. The van der Waals surface area contributed by atoms with Crippen molar-refractivity contribution in [1.82, 2.24) is 39.5 Å². The maximum atomic E-state index is 13.6. The molecule has 480 valence electrons. The molecule has 6 aliphatic carbocycles. The van der Waals surface area contributed by atoms with Crippen molar-refractivity contribution < 1.29 is 47.5 Å². The summed E-state index contributed by atoms with van der Waals surface area (Å²) in [4.78, 5) is 22.5. The molecule has 4 spiro atoms. The molecule has 0 radical (unpaired) electrons. The first-order valence-electron chi connectivity index (χ1n) is 31.6. The fraction of sp³-hybridized carbons (Fsp3) is 0.562. The van der Waals surface area contributed by atoms with Crippen molar-refractivity contribution in [1.29, 1.82) is 0 Å². The number of hydrogen-bond acceptors (Lipinski definition) is 18. The molecule has 0 amide bonds. The molecule has 10 aliphatic rings. The number of aromatic nitrogens is 8. The molecule has 2 atom stereocenters. The van der Waals surface area contributed by atoms with E-state index in [1.54, 1.807) is 70.3 Å². The van der Waals surface area contributed by atoms with Gasteiger partial charge >= 0.3 is 37.7 Å². The molecule has 6 aromatic heterocycles. The number of anilines is 4. The van der Waals surface area contributed by atoms with Gasteiger partial charge in [-0.2, -0.15) is 25.6 Å². The SMILES string of the molecule is CC1(C)C[C@@H]2CCCNc3cccc(n3)S(=O)(=O)/N=C(\[O-])c3ccc(-n4ccc(OCCC5C6(CC6)C56CC6)n4)nc3N1C2.CC1(C)C[C@@H]2CCCNc3cccc(n3)S(=O)(=O)/N=C(\[O-])c3ccc(-n4ccc(OCCC5C6(CC6)C56CC6)n4)nc3N1C2.O.O.[Ca+2]. The molecule has 6 saturated carbocycles. The van der Waals surface area contributed by atoms with Crippen LogP contribution in [0, 0.1) is 45.3 Å². The molecule has 8 bridgehead atoms. The van der Waals surface area contributed by atoms with E-state index in [4.69, 9.17) is 19.4 Å². The topological polar surface area (TPSA) is 338 Å². The zero-order valence-corrected chi connectivity index (χ0v) is 55.9. The van der Waals surface area contributed by atoms with Crippen molar-refractivity contribution in [2.45, 2.75) is 152 Å². The summed E-state index contributed by atoms with van der Waals surface area (Å²) in [6.07, 6.45) is 22.5. The minimum absolute atomic E-state index is 0. The summed E-state index contributed by atoms with van der Waals surface area (Å²) in [6, 6.07) is 19.5. The number of ether oxygens (including phenoxy) is 2. The van der Waals surface area contributed by atoms with E-state index in [0.717, 1.165) is 63.2 Å². The Morgan fingerprint density at radius 1 is 0.538 bits per heavy atom. The number of fused-ring (bicyclic) bond motifs is 14. The number of sulfonamides is 2. The van der Waals surface area contributed by atoms with E-state index in [0.29, 0.717) is 120 Å². The van der Waals surface area contributed by atoms with Crippen LogP contribution in [-0.2, 0) is 20.0 Å². The summed E-state index contributed by atoms with van der Waals surface area (Å²) in [7, 11) is -8.69. The Balaban J connectivity index is 0.000000170. The van der Waals surface area contributed by atoms with E-state index in [1.165, 1.54) is 63.5 Å². The van der Waals surface area contributed by atoms with E-state index in [-0.39, 0.29) is 80.9 Å². The van der Waals surface area contributed by atoms with Gasteiger partial charge in [0.15, 0.2) is 21.7 Å². The molecule has 0 aromatic carbocycles. The van der Waals surface area contributed by atoms with Crippen LogP contribution < -0.4 is 40.1 Å². The van der Waals surface area contributed by atoms with Crippen LogP contribution in [0.2, 0.25) is 0 Å². The van der Waals surface area contributed by atoms with Gasteiger partial charge < -0.3 is 51.1 Å². The first-order chi connectivity index (χ1) is 42.2. The molecule has 27 heteroatoms. The molecule has 4 aliphatic heterocycles. The molecule has 6 N–H and O–H groups in total. The van der Waals surface area contributed by atoms with Crippen molar-refractivity contribution in [2.24, 2.45) is 54.1 Å². The third kappa shape index (κ3) is 11.8. The van der Waals surface area contributed by atoms with Crippen molar-refractivity contribution in [3.05, 3.63) is 96.3 Å². The van der Waals surface area contributed by atoms with Gasteiger partial charge in [0.1, 0.15) is 23.3 Å². The maximum absolute atomic E-state index is 13.6. The van der Waals surface area contributed by atoms with Gasteiger partial charge in [-0.1, -0.05) is 12.1 Å². The number of nitrogens with zero attached hydrogens (tertiary/aromatic N) is 12. The standard InChI is InChI=1S/2C32H39N7O4S.Ca.2H2O/c2*1-30(2)19-21-5-4-16-33-24-6-3-7-27(34-24)44(41,42)37-29(40)22-8-9-25(35-28(22)38(30)20-21)39-17-10-26(36-39)43-18-11-23-31(12-13-31)32(23)14-15-32;;;/h2*3,6-10,17,21,23H,4-5,11-16,18-20H2,1-2H3,(H,33,34)(H,37,40);;2*1H2/q;;+2;;/p-2/t2*21-;;;/m00.../s1. The van der Waals surface area contributed by atoms with Gasteiger partial charge in [-0.15, -0.1) is 10.2 Å². The van der Waals surface area contributed by atoms with E-state index < -0.39 is 31.8 Å². The number of nitrogens with one attached hydrogen (secondary N) is 2. The Morgan fingerprint density at radius 3 is 1.30 bits per heavy atom. The maximum Gasteiger partial charge on any atom is 2.00 e. The summed E-state index contributed by atoms with van der Waals surface area (Å²) in [5.74, 6) is 4.47. The van der Waals surface area contributed by atoms with Crippen LogP contribution in [0.25, 0.3) is 11.6 Å². The molecule has 6 aromatic rings. The molecule has 24 nitrogen and oxygen atoms in total. The molecule has 0 unspecified atom stereocenters. The summed E-state index contributed by atoms with van der Waals surface area (Å²) >= 11 is 0. The van der Waals surface area contributed by atoms with Crippen LogP contribution >= 0.6 is 0 Å². The van der Waals surface area contributed by atoms with Crippen LogP contribution in [0.4, 0.5) is 23.3 Å². The van der Waals surface area contributed by atoms with E-state index >= 15 is 0 Å². The molecular formula is C64H80CaN14O10S2. The normalized spacial score (nSPS) is 25.7. The van der Waals surface area contributed by atoms with Gasteiger partial charge in [0.2, 0.25) is 11.8 Å². The predicted octanol–water partition coefficient (Wildman–Crippen LogP) is 5.83. The molecular weight excluding hydrogens is 1230 g/mol. The molecule has 16 rings (SSSR count). The summed E-state index contributed by atoms with van der Waals surface area (Å²) in [5, 5.41) is 42.3. The Kier molecular flexibility index (Phi) is 16.9. The molecule has 10 heterocycles. The van der Waals surface area contributed by atoms with E-state index in [2.05, 4.69) is 77.1 Å². The third-order valence-electron chi connectivity index (χ3n) is 21.7. The molecule has 8 fully saturated rings. The van der Waals surface area contributed by atoms with Gasteiger partial charge in [0.25, 0.3) is 20.0 Å². The fourth-order valence-corrected chi connectivity index (χ4v) is 18.8. The van der Waals surface area contributed by atoms with Gasteiger partial charge in [0.05, 0.1) is 13.2 Å². The number of pyridine rings is 4. The zero-order valence-electron chi connectivity index (χ0n) is 52.1. The third-order valence-corrected chi connectivity index (χ3v) is 24.1. The van der Waals surface area contributed by atoms with E-state index in [9.17, 15) is 27.0 Å². The predicted molar refractivity (Wildman–Crippen MR) is 340 cm³/mol. The number of rotatable bonds is 10. The first-order valence-corrected chi connectivity index (χ1v) is 34.5. The van der Waals surface area contributed by atoms with Crippen molar-refractivity contribution in [3.63, 3.8) is 0 Å². The zero-order chi connectivity index (χ0) is 60.6. The summed E-state index contributed by atoms with van der Waals surface area (Å²) in [6.45, 7) is 12.6. The minimum Gasteiger partial charge on any atom is -0.858 e. The second kappa shape index (κ2) is 23.7. The van der Waals surface area contributed by atoms with Crippen molar-refractivity contribution in [2.75, 3.05) is 59.8 Å². The van der Waals surface area contributed by atoms with Crippen LogP contribution in [0.3, 0.4) is 0 Å². The Labute approximate surface area is 560 Å². The van der Waals surface area contributed by atoms with Crippen molar-refractivity contribution in [3.8, 4) is 23.4 Å². The smallest absolute Gasteiger partial charge is 0.858 e. The Bertz CT molecular complexity index is 3750.